The van der Waals surface area contributed by atoms with E-state index >= 15 is 0 Å². The van der Waals surface area contributed by atoms with Crippen molar-refractivity contribution in [1.29, 1.82) is 0 Å². The largest absolute Gasteiger partial charge is 0.373 e. The van der Waals surface area contributed by atoms with Crippen LogP contribution in [0.25, 0.3) is 0 Å². The van der Waals surface area contributed by atoms with E-state index in [1.54, 1.807) is 26.7 Å². The minimum absolute atomic E-state index is 0.0667. The molecule has 1 aromatic heterocycles. The van der Waals surface area contributed by atoms with Crippen LogP contribution >= 0.6 is 11.3 Å². The monoisotopic (exact) mass is 471 g/mol. The molecule has 2 aliphatic rings. The van der Waals surface area contributed by atoms with E-state index < -0.39 is 21.7 Å². The van der Waals surface area contributed by atoms with Crippen molar-refractivity contribution in [3.8, 4) is 0 Å². The molecule has 1 N–H and O–H groups in total. The number of piperidine rings is 1. The van der Waals surface area contributed by atoms with Gasteiger partial charge in [0.15, 0.2) is 0 Å². The lowest BCUT2D eigenvalue weighted by Crippen LogP contribution is -2.51. The van der Waals surface area contributed by atoms with E-state index in [1.807, 2.05) is 20.8 Å². The Morgan fingerprint density at radius 2 is 1.87 bits per heavy atom. The lowest BCUT2D eigenvalue weighted by atomic mass is 9.78. The van der Waals surface area contributed by atoms with Crippen LogP contribution in [-0.2, 0) is 24.3 Å². The second-order valence-corrected chi connectivity index (χ2v) is 12.6. The molecule has 3 rings (SSSR count). The summed E-state index contributed by atoms with van der Waals surface area (Å²) in [7, 11) is -3.44. The summed E-state index contributed by atoms with van der Waals surface area (Å²) < 4.78 is 33.3. The summed E-state index contributed by atoms with van der Waals surface area (Å²) in [6, 6.07) is 2.67. The molecule has 2 aliphatic heterocycles. The number of hydrogen-bond acceptors (Lipinski definition) is 6. The third kappa shape index (κ3) is 5.85. The van der Waals surface area contributed by atoms with Crippen LogP contribution < -0.4 is 5.32 Å². The SMILES string of the molecule is CC(=O)N[C@@H](COC(C)(C)C)C(=O)N1CCC2(CCN(S(=O)(=O)c3cccs3)CC2)C1. The minimum Gasteiger partial charge on any atom is -0.373 e. The Balaban J connectivity index is 1.61. The van der Waals surface area contributed by atoms with Gasteiger partial charge in [0, 0.05) is 33.1 Å². The number of hydrogen-bond donors (Lipinski definition) is 1. The molecule has 1 atom stereocenters. The average molecular weight is 472 g/mol. The highest BCUT2D eigenvalue weighted by atomic mass is 32.2. The summed E-state index contributed by atoms with van der Waals surface area (Å²) in [5, 5.41) is 4.49. The molecular weight excluding hydrogens is 438 g/mol. The van der Waals surface area contributed by atoms with Crippen molar-refractivity contribution in [2.75, 3.05) is 32.8 Å². The lowest BCUT2D eigenvalue weighted by molar-refractivity contribution is -0.139. The van der Waals surface area contributed by atoms with Gasteiger partial charge in [0.05, 0.1) is 12.2 Å². The van der Waals surface area contributed by atoms with Gasteiger partial charge < -0.3 is 15.0 Å². The first-order chi connectivity index (χ1) is 14.4. The molecule has 0 unspecified atom stereocenters. The van der Waals surface area contributed by atoms with Crippen LogP contribution in [0, 0.1) is 5.41 Å². The molecule has 1 aromatic rings. The van der Waals surface area contributed by atoms with Gasteiger partial charge in [-0.15, -0.1) is 11.3 Å². The highest BCUT2D eigenvalue weighted by Gasteiger charge is 2.45. The van der Waals surface area contributed by atoms with E-state index in [9.17, 15) is 18.0 Å². The summed E-state index contributed by atoms with van der Waals surface area (Å²) in [6.45, 7) is 9.37. The lowest BCUT2D eigenvalue weighted by Gasteiger charge is -2.38. The van der Waals surface area contributed by atoms with Gasteiger partial charge in [-0.2, -0.15) is 4.31 Å². The zero-order valence-corrected chi connectivity index (χ0v) is 20.4. The van der Waals surface area contributed by atoms with Gasteiger partial charge in [-0.3, -0.25) is 9.59 Å². The molecular formula is C21H33N3O5S2. The smallest absolute Gasteiger partial charge is 0.252 e. The first-order valence-corrected chi connectivity index (χ1v) is 13.0. The van der Waals surface area contributed by atoms with Crippen LogP contribution in [0.15, 0.2) is 21.7 Å². The van der Waals surface area contributed by atoms with Gasteiger partial charge in [-0.25, -0.2) is 8.42 Å². The summed E-state index contributed by atoms with van der Waals surface area (Å²) in [4.78, 5) is 26.6. The number of sulfonamides is 1. The molecule has 31 heavy (non-hydrogen) atoms. The first kappa shape index (κ1) is 24.2. The highest BCUT2D eigenvalue weighted by Crippen LogP contribution is 2.41. The molecule has 3 heterocycles. The molecule has 2 fully saturated rings. The molecule has 10 heteroatoms. The second kappa shape index (κ2) is 9.17. The molecule has 2 amide bonds. The van der Waals surface area contributed by atoms with E-state index in [0.717, 1.165) is 19.3 Å². The van der Waals surface area contributed by atoms with E-state index in [1.165, 1.54) is 18.3 Å². The maximum Gasteiger partial charge on any atom is 0.252 e. The Kier molecular flexibility index (Phi) is 7.15. The van der Waals surface area contributed by atoms with Gasteiger partial charge in [0.25, 0.3) is 10.0 Å². The number of ether oxygens (including phenoxy) is 1. The molecule has 0 radical (unpaired) electrons. The van der Waals surface area contributed by atoms with E-state index in [0.29, 0.717) is 30.4 Å². The van der Waals surface area contributed by atoms with Crippen molar-refractivity contribution >= 4 is 33.2 Å². The van der Waals surface area contributed by atoms with Crippen molar-refractivity contribution in [3.05, 3.63) is 17.5 Å². The molecule has 0 aromatic carbocycles. The standard InChI is InChI=1S/C21H33N3O5S2/c1-16(25)22-17(14-29-20(2,3)4)19(26)23-10-7-21(15-23)8-11-24(12-9-21)31(27,28)18-6-5-13-30-18/h5-6,13,17H,7-12,14-15H2,1-4H3,(H,22,25)/t17-/m0/s1. The van der Waals surface area contributed by atoms with Crippen LogP contribution in [-0.4, -0.2) is 73.9 Å². The van der Waals surface area contributed by atoms with Crippen molar-refractivity contribution < 1.29 is 22.7 Å². The predicted molar refractivity (Wildman–Crippen MR) is 119 cm³/mol. The van der Waals surface area contributed by atoms with Crippen molar-refractivity contribution in [2.45, 2.75) is 62.8 Å². The number of thiophene rings is 1. The average Bonchev–Trinajstić information content (AvgIpc) is 3.35. The van der Waals surface area contributed by atoms with Gasteiger partial charge >= 0.3 is 0 Å². The summed E-state index contributed by atoms with van der Waals surface area (Å²) in [6.07, 6.45) is 2.30. The molecule has 174 valence electrons. The predicted octanol–water partition coefficient (Wildman–Crippen LogP) is 2.07. The van der Waals surface area contributed by atoms with E-state index in [2.05, 4.69) is 5.32 Å². The Hall–Kier alpha value is -1.49. The Labute approximate surface area is 189 Å². The van der Waals surface area contributed by atoms with Crippen LogP contribution in [0.5, 0.6) is 0 Å². The number of rotatable bonds is 6. The number of carbonyl (C=O) groups is 2. The van der Waals surface area contributed by atoms with Gasteiger partial charge in [-0.05, 0) is 56.9 Å². The van der Waals surface area contributed by atoms with E-state index in [-0.39, 0.29) is 23.8 Å². The second-order valence-electron chi connectivity index (χ2n) is 9.52. The fraction of sp³-hybridized carbons (Fsp3) is 0.714. The Bertz CT molecular complexity index is 885. The van der Waals surface area contributed by atoms with Gasteiger partial charge in [0.1, 0.15) is 10.3 Å². The third-order valence-corrected chi connectivity index (χ3v) is 9.25. The van der Waals surface area contributed by atoms with Crippen molar-refractivity contribution in [3.63, 3.8) is 0 Å². The fourth-order valence-electron chi connectivity index (χ4n) is 4.24. The quantitative estimate of drug-likeness (QED) is 0.685. The van der Waals surface area contributed by atoms with Crippen molar-refractivity contribution in [2.24, 2.45) is 5.41 Å². The van der Waals surface area contributed by atoms with Crippen LogP contribution in [0.4, 0.5) is 0 Å². The summed E-state index contributed by atoms with van der Waals surface area (Å²) in [5.74, 6) is -0.401. The number of likely N-dealkylation sites (tertiary alicyclic amines) is 1. The number of amides is 2. The summed E-state index contributed by atoms with van der Waals surface area (Å²) >= 11 is 1.24. The number of carbonyl (C=O) groups excluding carboxylic acids is 2. The fourth-order valence-corrected chi connectivity index (χ4v) is 6.83. The van der Waals surface area contributed by atoms with Crippen LogP contribution in [0.3, 0.4) is 0 Å². The van der Waals surface area contributed by atoms with E-state index in [4.69, 9.17) is 4.74 Å². The maximum absolute atomic E-state index is 13.1. The van der Waals surface area contributed by atoms with Crippen LogP contribution in [0.1, 0.15) is 47.0 Å². The molecule has 2 saturated heterocycles. The molecule has 0 aliphatic carbocycles. The Morgan fingerprint density at radius 1 is 1.23 bits per heavy atom. The first-order valence-electron chi connectivity index (χ1n) is 10.7. The Morgan fingerprint density at radius 3 is 2.42 bits per heavy atom. The highest BCUT2D eigenvalue weighted by molar-refractivity contribution is 7.91. The zero-order chi connectivity index (χ0) is 22.9. The topological polar surface area (TPSA) is 96.0 Å². The van der Waals surface area contributed by atoms with Gasteiger partial charge in [-0.1, -0.05) is 6.07 Å². The normalized spacial score (nSPS) is 20.7. The van der Waals surface area contributed by atoms with Crippen LogP contribution in [0.2, 0.25) is 0 Å². The number of nitrogens with one attached hydrogen (secondary N) is 1. The van der Waals surface area contributed by atoms with Gasteiger partial charge in [0.2, 0.25) is 11.8 Å². The third-order valence-electron chi connectivity index (χ3n) is 5.98. The minimum atomic E-state index is -3.44. The molecule has 0 saturated carbocycles. The zero-order valence-electron chi connectivity index (χ0n) is 18.7. The van der Waals surface area contributed by atoms with Crippen molar-refractivity contribution in [1.82, 2.24) is 14.5 Å². The number of nitrogens with zero attached hydrogens (tertiary/aromatic N) is 2. The summed E-state index contributed by atoms with van der Waals surface area (Å²) in [5.41, 5.74) is -0.479. The molecule has 0 bridgehead atoms. The molecule has 8 nitrogen and oxygen atoms in total. The molecule has 1 spiro atoms. The maximum atomic E-state index is 13.1.